The Hall–Kier alpha value is -2.97. The highest BCUT2D eigenvalue weighted by Gasteiger charge is 2.45. The van der Waals surface area contributed by atoms with Crippen molar-refractivity contribution in [3.63, 3.8) is 0 Å². The van der Waals surface area contributed by atoms with Crippen molar-refractivity contribution in [3.05, 3.63) is 47.3 Å². The molecule has 3 atom stereocenters. The molecule has 0 spiro atoms. The monoisotopic (exact) mass is 561 g/mol. The molecule has 14 heteroatoms. The van der Waals surface area contributed by atoms with Gasteiger partial charge in [0.05, 0.1) is 11.8 Å². The summed E-state index contributed by atoms with van der Waals surface area (Å²) in [6, 6.07) is 0.868. The molecule has 1 amide bonds. The number of nitrogens with two attached hydrogens (primary N) is 1. The molecule has 2 aliphatic heterocycles. The van der Waals surface area contributed by atoms with Gasteiger partial charge in [0, 0.05) is 36.3 Å². The van der Waals surface area contributed by atoms with Crippen LogP contribution in [0.15, 0.2) is 24.3 Å². The fourth-order valence-electron chi connectivity index (χ4n) is 5.01. The van der Waals surface area contributed by atoms with Gasteiger partial charge in [0.15, 0.2) is 11.6 Å². The number of nitrogens with zero attached hydrogens (tertiary/aromatic N) is 1. The molecule has 0 radical (unpaired) electrons. The number of benzene rings is 1. The normalized spacial score (nSPS) is 23.6. The van der Waals surface area contributed by atoms with Gasteiger partial charge in [-0.3, -0.25) is 4.79 Å². The number of nitrogens with one attached hydrogen (secondary N) is 1. The molecule has 2 unspecified atom stereocenters. The Morgan fingerprint density at radius 3 is 2.00 bits per heavy atom. The van der Waals surface area contributed by atoms with Crippen molar-refractivity contribution in [2.24, 2.45) is 11.7 Å². The number of carbonyl (C=O) groups excluding carboxylic acids is 1. The first-order chi connectivity index (χ1) is 17.8. The highest BCUT2D eigenvalue weighted by atomic mass is 32.2. The van der Waals surface area contributed by atoms with Crippen LogP contribution < -0.4 is 10.5 Å². The number of aliphatic carboxylic acids is 2. The number of rotatable bonds is 9. The second-order valence-corrected chi connectivity index (χ2v) is 11.8. The zero-order valence-corrected chi connectivity index (χ0v) is 21.2. The molecule has 1 aliphatic carbocycles. The number of amides is 1. The second-order valence-electron chi connectivity index (χ2n) is 9.72. The van der Waals surface area contributed by atoms with E-state index in [2.05, 4.69) is 4.72 Å². The van der Waals surface area contributed by atoms with Crippen LogP contribution in [-0.2, 0) is 30.8 Å². The molecule has 0 aromatic heterocycles. The summed E-state index contributed by atoms with van der Waals surface area (Å²) >= 11 is 0. The molecule has 210 valence electrons. The number of halogens is 3. The summed E-state index contributed by atoms with van der Waals surface area (Å²) in [7, 11) is -3.42. The van der Waals surface area contributed by atoms with E-state index in [9.17, 15) is 36.0 Å². The molecule has 3 fully saturated rings. The van der Waals surface area contributed by atoms with E-state index in [1.807, 2.05) is 0 Å². The lowest BCUT2D eigenvalue weighted by molar-refractivity contribution is -0.135. The SMILES string of the molecule is N[C@H](Cc1cc(F)c(F)cc1F)C1CC2CCC(C1)N2C(=O)CNS(=O)(=O)C1CC1.O=C(O)/C=C\C(=O)O. The van der Waals surface area contributed by atoms with Gasteiger partial charge in [-0.25, -0.2) is 35.9 Å². The molecule has 3 aliphatic rings. The smallest absolute Gasteiger partial charge is 0.328 e. The van der Waals surface area contributed by atoms with E-state index >= 15 is 0 Å². The quantitative estimate of drug-likeness (QED) is 0.260. The molecule has 1 aromatic rings. The average Bonchev–Trinajstić information content (AvgIpc) is 3.66. The molecule has 4 rings (SSSR count). The Labute approximate surface area is 217 Å². The van der Waals surface area contributed by atoms with Crippen LogP contribution in [0, 0.1) is 23.4 Å². The van der Waals surface area contributed by atoms with Gasteiger partial charge in [0.2, 0.25) is 15.9 Å². The summed E-state index contributed by atoms with van der Waals surface area (Å²) in [5, 5.41) is 15.3. The van der Waals surface area contributed by atoms with Crippen molar-refractivity contribution >= 4 is 27.9 Å². The van der Waals surface area contributed by atoms with Crippen LogP contribution in [0.3, 0.4) is 0 Å². The fourth-order valence-corrected chi connectivity index (χ4v) is 6.33. The Kier molecular flexibility index (Phi) is 9.54. The van der Waals surface area contributed by atoms with Crippen LogP contribution in [0.5, 0.6) is 0 Å². The van der Waals surface area contributed by atoms with E-state index in [0.29, 0.717) is 43.9 Å². The minimum atomic E-state index is -3.42. The maximum absolute atomic E-state index is 14.0. The molecule has 5 N–H and O–H groups in total. The number of carboxylic acids is 2. The Balaban J connectivity index is 0.000000436. The van der Waals surface area contributed by atoms with Gasteiger partial charge in [0.25, 0.3) is 0 Å². The lowest BCUT2D eigenvalue weighted by atomic mass is 9.82. The number of hydrogen-bond donors (Lipinski definition) is 4. The first kappa shape index (κ1) is 29.6. The molecular weight excluding hydrogens is 531 g/mol. The molecule has 1 saturated carbocycles. The average molecular weight is 562 g/mol. The summed E-state index contributed by atoms with van der Waals surface area (Å²) in [5.41, 5.74) is 6.33. The van der Waals surface area contributed by atoms with E-state index in [-0.39, 0.29) is 47.7 Å². The van der Waals surface area contributed by atoms with Gasteiger partial charge in [-0.05, 0) is 62.5 Å². The highest BCUT2D eigenvalue weighted by Crippen LogP contribution is 2.40. The maximum Gasteiger partial charge on any atom is 0.328 e. The van der Waals surface area contributed by atoms with Crippen molar-refractivity contribution in [1.82, 2.24) is 9.62 Å². The lowest BCUT2D eigenvalue weighted by Gasteiger charge is -2.41. The molecule has 2 saturated heterocycles. The van der Waals surface area contributed by atoms with Crippen molar-refractivity contribution in [1.29, 1.82) is 0 Å². The number of carbonyl (C=O) groups is 3. The van der Waals surface area contributed by atoms with Gasteiger partial charge in [0.1, 0.15) is 5.82 Å². The van der Waals surface area contributed by atoms with Gasteiger partial charge in [-0.15, -0.1) is 0 Å². The third kappa shape index (κ3) is 7.77. The topological polar surface area (TPSA) is 167 Å². The number of sulfonamides is 1. The van der Waals surface area contributed by atoms with Gasteiger partial charge < -0.3 is 20.8 Å². The van der Waals surface area contributed by atoms with E-state index in [1.165, 1.54) is 0 Å². The van der Waals surface area contributed by atoms with Gasteiger partial charge >= 0.3 is 11.9 Å². The summed E-state index contributed by atoms with van der Waals surface area (Å²) in [6.07, 6.45) is 5.36. The van der Waals surface area contributed by atoms with Crippen LogP contribution in [0.1, 0.15) is 44.1 Å². The Morgan fingerprint density at radius 2 is 1.50 bits per heavy atom. The Bertz CT molecular complexity index is 1180. The number of carboxylic acid groups (broad SMARTS) is 2. The molecule has 2 heterocycles. The summed E-state index contributed by atoms with van der Waals surface area (Å²) in [6.45, 7) is -0.234. The van der Waals surface area contributed by atoms with Crippen molar-refractivity contribution in [2.45, 2.75) is 68.3 Å². The van der Waals surface area contributed by atoms with Crippen molar-refractivity contribution < 1.29 is 46.2 Å². The number of piperidine rings is 1. The van der Waals surface area contributed by atoms with E-state index in [0.717, 1.165) is 18.9 Å². The first-order valence-corrected chi connectivity index (χ1v) is 13.7. The van der Waals surface area contributed by atoms with Crippen molar-refractivity contribution in [3.8, 4) is 0 Å². The van der Waals surface area contributed by atoms with Crippen LogP contribution in [0.2, 0.25) is 0 Å². The summed E-state index contributed by atoms with van der Waals surface area (Å²) < 4.78 is 66.9. The van der Waals surface area contributed by atoms with Crippen molar-refractivity contribution in [2.75, 3.05) is 6.54 Å². The minimum absolute atomic E-state index is 0.0159. The third-order valence-electron chi connectivity index (χ3n) is 6.96. The molecule has 38 heavy (non-hydrogen) atoms. The van der Waals surface area contributed by atoms with Crippen LogP contribution in [0.25, 0.3) is 0 Å². The fraction of sp³-hybridized carbons (Fsp3) is 0.542. The Morgan fingerprint density at radius 1 is 0.974 bits per heavy atom. The predicted molar refractivity (Wildman–Crippen MR) is 129 cm³/mol. The first-order valence-electron chi connectivity index (χ1n) is 12.1. The summed E-state index contributed by atoms with van der Waals surface area (Å²) in [5.74, 6) is -5.88. The second kappa shape index (κ2) is 12.3. The number of hydrogen-bond acceptors (Lipinski definition) is 6. The third-order valence-corrected chi connectivity index (χ3v) is 8.86. The zero-order valence-electron chi connectivity index (χ0n) is 20.4. The molecule has 10 nitrogen and oxygen atoms in total. The molecular formula is C24H30F3N3O7S. The zero-order chi connectivity index (χ0) is 28.2. The van der Waals surface area contributed by atoms with Gasteiger partial charge in [-0.2, -0.15) is 0 Å². The molecule has 1 aromatic carbocycles. The van der Waals surface area contributed by atoms with E-state index in [1.54, 1.807) is 4.90 Å². The van der Waals surface area contributed by atoms with Crippen LogP contribution in [-0.4, -0.2) is 71.3 Å². The van der Waals surface area contributed by atoms with Crippen LogP contribution in [0.4, 0.5) is 13.2 Å². The van der Waals surface area contributed by atoms with Gasteiger partial charge in [-0.1, -0.05) is 0 Å². The minimum Gasteiger partial charge on any atom is -0.478 e. The summed E-state index contributed by atoms with van der Waals surface area (Å²) in [4.78, 5) is 33.6. The predicted octanol–water partition coefficient (Wildman–Crippen LogP) is 1.54. The largest absolute Gasteiger partial charge is 0.478 e. The van der Waals surface area contributed by atoms with E-state index < -0.39 is 45.5 Å². The van der Waals surface area contributed by atoms with E-state index in [4.69, 9.17) is 15.9 Å². The standard InChI is InChI=1S/C20H26F3N3O3S.C4H4O4/c21-16-9-18(23)17(22)7-11(16)8-19(24)12-5-13-1-2-14(6-12)26(13)20(27)10-25-30(28,29)15-3-4-15;5-3(6)1-2-4(7)8/h7,9,12-15,19,25H,1-6,8,10,24H2;1-2H,(H,5,6)(H,7,8)/b;2-1-/t12?,13?,14?,19-;/m1./s1. The molecule has 2 bridgehead atoms. The van der Waals surface area contributed by atoms with Crippen LogP contribution >= 0.6 is 0 Å². The highest BCUT2D eigenvalue weighted by molar-refractivity contribution is 7.90. The number of fused-ring (bicyclic) bond motifs is 2. The maximum atomic E-state index is 14.0. The lowest BCUT2D eigenvalue weighted by Crippen LogP contribution is -2.52.